The Kier molecular flexibility index (Phi) is 11.1. The van der Waals surface area contributed by atoms with E-state index >= 15 is 0 Å². The van der Waals surface area contributed by atoms with E-state index in [0.717, 1.165) is 36.5 Å². The number of aryl methyl sites for hydroxylation is 1. The first kappa shape index (κ1) is 24.8. The Bertz CT molecular complexity index is 719. The fraction of sp³-hybridized carbons (Fsp3) is 0.645. The van der Waals surface area contributed by atoms with Crippen molar-refractivity contribution in [3.63, 3.8) is 0 Å². The molecular weight excluding hydrogens is 386 g/mol. The number of hydrogen-bond acceptors (Lipinski definition) is 1. The van der Waals surface area contributed by atoms with Crippen molar-refractivity contribution in [2.75, 3.05) is 0 Å². The first-order valence-electron chi connectivity index (χ1n) is 13.6. The zero-order valence-corrected chi connectivity index (χ0v) is 20.5. The van der Waals surface area contributed by atoms with Gasteiger partial charge in [-0.2, -0.15) is 5.26 Å². The second-order valence-electron chi connectivity index (χ2n) is 10.5. The third-order valence-electron chi connectivity index (χ3n) is 8.31. The predicted molar refractivity (Wildman–Crippen MR) is 138 cm³/mol. The van der Waals surface area contributed by atoms with Crippen molar-refractivity contribution in [1.82, 2.24) is 0 Å². The average Bonchev–Trinajstić information content (AvgIpc) is 2.85. The summed E-state index contributed by atoms with van der Waals surface area (Å²) in [5.41, 5.74) is 3.05. The molecule has 0 atom stereocenters. The van der Waals surface area contributed by atoms with E-state index in [-0.39, 0.29) is 0 Å². The van der Waals surface area contributed by atoms with E-state index in [0.29, 0.717) is 0 Å². The third kappa shape index (κ3) is 8.61. The predicted octanol–water partition coefficient (Wildman–Crippen LogP) is 9.31. The Hall–Kier alpha value is -1.81. The molecule has 0 heterocycles. The number of nitriles is 1. The van der Waals surface area contributed by atoms with Crippen LogP contribution >= 0.6 is 0 Å². The summed E-state index contributed by atoms with van der Waals surface area (Å²) >= 11 is 0. The maximum Gasteiger partial charge on any atom is 0.0912 e. The summed E-state index contributed by atoms with van der Waals surface area (Å²) < 4.78 is 0. The van der Waals surface area contributed by atoms with E-state index in [1.807, 2.05) is 18.2 Å². The van der Waals surface area contributed by atoms with Crippen molar-refractivity contribution in [3.05, 3.63) is 59.7 Å². The average molecular weight is 432 g/mol. The Balaban J connectivity index is 1.21. The molecule has 32 heavy (non-hydrogen) atoms. The van der Waals surface area contributed by atoms with E-state index in [4.69, 9.17) is 5.26 Å². The van der Waals surface area contributed by atoms with Gasteiger partial charge in [-0.25, -0.2) is 0 Å². The lowest BCUT2D eigenvalue weighted by atomic mass is 9.76. The number of unbranched alkanes of at least 4 members (excludes halogenated alkanes) is 1. The van der Waals surface area contributed by atoms with Crippen LogP contribution < -0.4 is 0 Å². The molecule has 174 valence electrons. The van der Waals surface area contributed by atoms with Crippen LogP contribution in [0.25, 0.3) is 0 Å². The highest BCUT2D eigenvalue weighted by Gasteiger charge is 2.23. The highest BCUT2D eigenvalue weighted by atomic mass is 14.3. The van der Waals surface area contributed by atoms with Gasteiger partial charge in [0.25, 0.3) is 0 Å². The van der Waals surface area contributed by atoms with Crippen LogP contribution in [-0.4, -0.2) is 0 Å². The standard InChI is InChI=1S/C31H45N/c1-2-26-17-21-30(22-18-26)31-23-19-29(20-24-31)12-8-7-11-28-15-13-27(14-16-28)10-6-4-3-5-9-25-32/h3-5,9,17-18,21-22,27-29,31H,2,6-8,10-16,19-20,23-24H2,1H3. The third-order valence-corrected chi connectivity index (χ3v) is 8.31. The molecule has 0 spiro atoms. The van der Waals surface area contributed by atoms with Crippen molar-refractivity contribution >= 4 is 0 Å². The topological polar surface area (TPSA) is 23.8 Å². The van der Waals surface area contributed by atoms with Crippen molar-refractivity contribution in [2.24, 2.45) is 17.8 Å². The first-order chi connectivity index (χ1) is 15.8. The summed E-state index contributed by atoms with van der Waals surface area (Å²) in [6, 6.07) is 11.5. The van der Waals surface area contributed by atoms with Gasteiger partial charge in [0.05, 0.1) is 6.07 Å². The lowest BCUT2D eigenvalue weighted by Gasteiger charge is -2.30. The fourth-order valence-corrected chi connectivity index (χ4v) is 6.09. The smallest absolute Gasteiger partial charge is 0.0912 e. The largest absolute Gasteiger partial charge is 0.193 e. The zero-order chi connectivity index (χ0) is 22.4. The first-order valence-corrected chi connectivity index (χ1v) is 13.6. The molecule has 1 aromatic carbocycles. The summed E-state index contributed by atoms with van der Waals surface area (Å²) in [7, 11) is 0. The van der Waals surface area contributed by atoms with Gasteiger partial charge in [0, 0.05) is 6.08 Å². The molecule has 0 aromatic heterocycles. The molecule has 1 nitrogen and oxygen atoms in total. The zero-order valence-electron chi connectivity index (χ0n) is 20.5. The lowest BCUT2D eigenvalue weighted by Crippen LogP contribution is -2.15. The molecule has 0 N–H and O–H groups in total. The van der Waals surface area contributed by atoms with E-state index < -0.39 is 0 Å². The van der Waals surface area contributed by atoms with Crippen LogP contribution in [-0.2, 0) is 6.42 Å². The monoisotopic (exact) mass is 431 g/mol. The SMILES string of the molecule is CCc1ccc(C2CCC(CCCCC3CCC(CCC=CC=CC#N)CC3)CC2)cc1. The van der Waals surface area contributed by atoms with Crippen LogP contribution in [0.1, 0.15) is 114 Å². The van der Waals surface area contributed by atoms with Crippen LogP contribution in [0.4, 0.5) is 0 Å². The summed E-state index contributed by atoms with van der Waals surface area (Å²) in [4.78, 5) is 0. The van der Waals surface area contributed by atoms with E-state index in [2.05, 4.69) is 37.3 Å². The molecule has 0 amide bonds. The number of rotatable bonds is 11. The van der Waals surface area contributed by atoms with Crippen LogP contribution in [0.15, 0.2) is 48.6 Å². The molecule has 3 rings (SSSR count). The molecule has 1 heteroatoms. The summed E-state index contributed by atoms with van der Waals surface area (Å²) in [5, 5.41) is 8.49. The second-order valence-corrected chi connectivity index (χ2v) is 10.5. The van der Waals surface area contributed by atoms with Gasteiger partial charge >= 0.3 is 0 Å². The molecule has 0 radical (unpaired) electrons. The fourth-order valence-electron chi connectivity index (χ4n) is 6.09. The van der Waals surface area contributed by atoms with Gasteiger partial charge in [-0.05, 0) is 79.7 Å². The van der Waals surface area contributed by atoms with Gasteiger partial charge in [-0.1, -0.05) is 101 Å². The quantitative estimate of drug-likeness (QED) is 0.194. The van der Waals surface area contributed by atoms with Gasteiger partial charge in [-0.15, -0.1) is 0 Å². The van der Waals surface area contributed by atoms with Gasteiger partial charge < -0.3 is 0 Å². The Labute approximate surface area is 198 Å². The van der Waals surface area contributed by atoms with Gasteiger partial charge in [0.1, 0.15) is 0 Å². The molecule has 2 saturated carbocycles. The minimum Gasteiger partial charge on any atom is -0.193 e. The van der Waals surface area contributed by atoms with Crippen molar-refractivity contribution in [3.8, 4) is 6.07 Å². The van der Waals surface area contributed by atoms with E-state index in [9.17, 15) is 0 Å². The lowest BCUT2D eigenvalue weighted by molar-refractivity contribution is 0.244. The molecule has 2 fully saturated rings. The highest BCUT2D eigenvalue weighted by molar-refractivity contribution is 5.25. The Morgan fingerprint density at radius 2 is 1.34 bits per heavy atom. The van der Waals surface area contributed by atoms with Crippen molar-refractivity contribution in [1.29, 1.82) is 5.26 Å². The molecule has 0 saturated heterocycles. The van der Waals surface area contributed by atoms with Gasteiger partial charge in [0.2, 0.25) is 0 Å². The molecule has 2 aliphatic rings. The Morgan fingerprint density at radius 3 is 1.91 bits per heavy atom. The number of allylic oxidation sites excluding steroid dienone is 4. The van der Waals surface area contributed by atoms with E-state index in [1.54, 1.807) is 11.6 Å². The highest BCUT2D eigenvalue weighted by Crippen LogP contribution is 2.38. The summed E-state index contributed by atoms with van der Waals surface area (Å²) in [6.07, 6.45) is 28.7. The summed E-state index contributed by atoms with van der Waals surface area (Å²) in [6.45, 7) is 2.24. The normalized spacial score (nSPS) is 26.5. The number of benzene rings is 1. The molecule has 2 aliphatic carbocycles. The van der Waals surface area contributed by atoms with Crippen LogP contribution in [0.5, 0.6) is 0 Å². The molecule has 0 aliphatic heterocycles. The van der Waals surface area contributed by atoms with Gasteiger partial charge in [-0.3, -0.25) is 0 Å². The molecule has 1 aromatic rings. The maximum atomic E-state index is 8.49. The number of hydrogen-bond donors (Lipinski definition) is 0. The molecule has 0 bridgehead atoms. The van der Waals surface area contributed by atoms with Gasteiger partial charge in [0.15, 0.2) is 0 Å². The summed E-state index contributed by atoms with van der Waals surface area (Å²) in [5.74, 6) is 3.75. The minimum atomic E-state index is 0.817. The number of nitrogens with zero attached hydrogens (tertiary/aromatic N) is 1. The van der Waals surface area contributed by atoms with Crippen molar-refractivity contribution in [2.45, 2.75) is 109 Å². The van der Waals surface area contributed by atoms with Crippen molar-refractivity contribution < 1.29 is 0 Å². The van der Waals surface area contributed by atoms with Crippen LogP contribution in [0.2, 0.25) is 0 Å². The maximum absolute atomic E-state index is 8.49. The molecule has 0 unspecified atom stereocenters. The van der Waals surface area contributed by atoms with Crippen LogP contribution in [0.3, 0.4) is 0 Å². The second kappa shape index (κ2) is 14.4. The molecular formula is C31H45N. The van der Waals surface area contributed by atoms with Crippen LogP contribution in [0, 0.1) is 29.1 Å². The Morgan fingerprint density at radius 1 is 0.781 bits per heavy atom. The van der Waals surface area contributed by atoms with E-state index in [1.165, 1.54) is 89.0 Å². The minimum absolute atomic E-state index is 0.817.